The zero-order valence-corrected chi connectivity index (χ0v) is 18.0. The first-order valence-corrected chi connectivity index (χ1v) is 11.5. The molecule has 1 saturated carbocycles. The van der Waals surface area contributed by atoms with E-state index in [1.807, 2.05) is 30.3 Å². The summed E-state index contributed by atoms with van der Waals surface area (Å²) in [4.78, 5) is 25.1. The minimum Gasteiger partial charge on any atom is -0.456 e. The lowest BCUT2D eigenvalue weighted by Gasteiger charge is -2.22. The van der Waals surface area contributed by atoms with Crippen LogP contribution in [-0.4, -0.2) is 47.3 Å². The smallest absolute Gasteiger partial charge is 0.323 e. The number of fused-ring (bicyclic) bond motifs is 3. The van der Waals surface area contributed by atoms with Gasteiger partial charge >= 0.3 is 5.97 Å². The molecule has 32 heavy (non-hydrogen) atoms. The number of nitrogens with one attached hydrogen (secondary N) is 1. The molecule has 6 nitrogen and oxygen atoms in total. The first-order chi connectivity index (χ1) is 15.5. The molecule has 3 aliphatic rings. The highest BCUT2D eigenvalue weighted by atomic mass is 16.5. The van der Waals surface area contributed by atoms with Crippen molar-refractivity contribution in [3.63, 3.8) is 0 Å². The highest BCUT2D eigenvalue weighted by Gasteiger charge is 2.40. The van der Waals surface area contributed by atoms with Crippen molar-refractivity contribution in [2.75, 3.05) is 13.2 Å². The minimum absolute atomic E-state index is 0.188. The number of benzene rings is 2. The van der Waals surface area contributed by atoms with Gasteiger partial charge in [-0.05, 0) is 71.9 Å². The van der Waals surface area contributed by atoms with Crippen LogP contribution in [-0.2, 0) is 22.4 Å². The first kappa shape index (κ1) is 21.3. The molecule has 1 saturated heterocycles. The Bertz CT molecular complexity index is 1040. The van der Waals surface area contributed by atoms with Crippen molar-refractivity contribution in [3.05, 3.63) is 69.8 Å². The van der Waals surface area contributed by atoms with E-state index in [9.17, 15) is 19.8 Å². The predicted octanol–water partition coefficient (Wildman–Crippen LogP) is 2.46. The quantitative estimate of drug-likeness (QED) is 0.407. The number of hydrogen-bond acceptors (Lipinski definition) is 6. The average molecular weight is 436 g/mol. The third kappa shape index (κ3) is 4.10. The van der Waals surface area contributed by atoms with Gasteiger partial charge in [0.1, 0.15) is 12.1 Å². The Labute approximate surface area is 187 Å². The fourth-order valence-corrected chi connectivity index (χ4v) is 5.49. The van der Waals surface area contributed by atoms with Crippen LogP contribution in [0.3, 0.4) is 0 Å². The van der Waals surface area contributed by atoms with Gasteiger partial charge in [0.15, 0.2) is 12.4 Å². The maximum Gasteiger partial charge on any atom is 0.323 e. The zero-order chi connectivity index (χ0) is 22.2. The molecule has 3 N–H and O–H groups in total. The molecule has 4 unspecified atom stereocenters. The van der Waals surface area contributed by atoms with E-state index in [4.69, 9.17) is 4.74 Å². The van der Waals surface area contributed by atoms with Crippen LogP contribution in [0.4, 0.5) is 0 Å². The van der Waals surface area contributed by atoms with Gasteiger partial charge < -0.3 is 20.3 Å². The lowest BCUT2D eigenvalue weighted by Crippen LogP contribution is -2.37. The predicted molar refractivity (Wildman–Crippen MR) is 119 cm³/mol. The molecule has 2 aliphatic carbocycles. The maximum absolute atomic E-state index is 12.7. The van der Waals surface area contributed by atoms with E-state index in [1.165, 1.54) is 12.8 Å². The molecule has 4 atom stereocenters. The van der Waals surface area contributed by atoms with E-state index in [0.717, 1.165) is 41.5 Å². The summed E-state index contributed by atoms with van der Waals surface area (Å²) >= 11 is 0. The largest absolute Gasteiger partial charge is 0.456 e. The summed E-state index contributed by atoms with van der Waals surface area (Å²) in [5.41, 5.74) is 5.79. The second kappa shape index (κ2) is 8.77. The molecule has 2 aromatic rings. The fourth-order valence-electron chi connectivity index (χ4n) is 5.49. The van der Waals surface area contributed by atoms with Crippen molar-refractivity contribution >= 4 is 11.8 Å². The van der Waals surface area contributed by atoms with Crippen LogP contribution in [0.15, 0.2) is 36.4 Å². The molecule has 6 heteroatoms. The number of aliphatic hydroxyl groups excluding tert-OH is 2. The monoisotopic (exact) mass is 435 g/mol. The molecule has 1 heterocycles. The average Bonchev–Trinajstić information content (AvgIpc) is 3.42. The Morgan fingerprint density at radius 2 is 1.78 bits per heavy atom. The summed E-state index contributed by atoms with van der Waals surface area (Å²) in [5.74, 6) is 0.0572. The third-order valence-electron chi connectivity index (χ3n) is 7.32. The van der Waals surface area contributed by atoms with Gasteiger partial charge in [0.05, 0.1) is 6.61 Å². The van der Waals surface area contributed by atoms with Gasteiger partial charge in [-0.3, -0.25) is 9.59 Å². The van der Waals surface area contributed by atoms with Crippen LogP contribution < -0.4 is 5.32 Å². The summed E-state index contributed by atoms with van der Waals surface area (Å²) in [6.45, 7) is -0.534. The standard InChI is InChI=1S/C26H29NO5/c28-13-24(29)18-6-4-15-9-21-11-19(7-5-16(21)8-20(15)10-18)25(30)14-32-26(31)23-12-17-2-1-3-22(17)27-23/h4-7,10-11,17,22-24,27-29H,1-3,8-9,12-14H2. The summed E-state index contributed by atoms with van der Waals surface area (Å²) in [5, 5.41) is 22.5. The second-order valence-electron chi connectivity index (χ2n) is 9.35. The zero-order valence-electron chi connectivity index (χ0n) is 18.0. The molecule has 2 aromatic carbocycles. The molecule has 0 aromatic heterocycles. The van der Waals surface area contributed by atoms with Crippen molar-refractivity contribution in [1.82, 2.24) is 5.32 Å². The lowest BCUT2D eigenvalue weighted by atomic mass is 9.84. The number of Topliss-reactive ketones (excluding diaryl/α,β-unsaturated/α-hetero) is 1. The van der Waals surface area contributed by atoms with Crippen molar-refractivity contribution in [2.24, 2.45) is 5.92 Å². The number of carbonyl (C=O) groups excluding carboxylic acids is 2. The Hall–Kier alpha value is -2.54. The second-order valence-corrected chi connectivity index (χ2v) is 9.35. The maximum atomic E-state index is 12.7. The molecule has 168 valence electrons. The third-order valence-corrected chi connectivity index (χ3v) is 7.32. The number of esters is 1. The normalized spacial score (nSPS) is 24.4. The summed E-state index contributed by atoms with van der Waals surface area (Å²) in [7, 11) is 0. The summed E-state index contributed by atoms with van der Waals surface area (Å²) < 4.78 is 5.36. The SMILES string of the molecule is O=C(COC(=O)C1CC2CCCC2N1)c1ccc2c(c1)Cc1ccc(C(O)CO)cc1C2. The van der Waals surface area contributed by atoms with E-state index in [2.05, 4.69) is 5.32 Å². The highest BCUT2D eigenvalue weighted by Crippen LogP contribution is 2.35. The van der Waals surface area contributed by atoms with Gasteiger partial charge in [0.25, 0.3) is 0 Å². The Kier molecular flexibility index (Phi) is 5.84. The van der Waals surface area contributed by atoms with Crippen LogP contribution in [0.2, 0.25) is 0 Å². The first-order valence-electron chi connectivity index (χ1n) is 11.5. The molecular weight excluding hydrogens is 406 g/mol. The fraction of sp³-hybridized carbons (Fsp3) is 0.462. The Morgan fingerprint density at radius 3 is 2.53 bits per heavy atom. The number of ketones is 1. The van der Waals surface area contributed by atoms with Gasteiger partial charge in [0.2, 0.25) is 0 Å². The van der Waals surface area contributed by atoms with Crippen LogP contribution in [0, 0.1) is 5.92 Å². The van der Waals surface area contributed by atoms with E-state index in [0.29, 0.717) is 29.5 Å². The van der Waals surface area contributed by atoms with E-state index in [1.54, 1.807) is 6.07 Å². The van der Waals surface area contributed by atoms with Crippen molar-refractivity contribution in [1.29, 1.82) is 0 Å². The molecule has 1 aliphatic heterocycles. The van der Waals surface area contributed by atoms with Crippen LogP contribution in [0.25, 0.3) is 0 Å². The van der Waals surface area contributed by atoms with Gasteiger partial charge in [-0.2, -0.15) is 0 Å². The molecule has 0 radical (unpaired) electrons. The number of carbonyl (C=O) groups is 2. The number of hydrogen-bond donors (Lipinski definition) is 3. The lowest BCUT2D eigenvalue weighted by molar-refractivity contribution is -0.144. The number of ether oxygens (including phenoxy) is 1. The van der Waals surface area contributed by atoms with Crippen molar-refractivity contribution in [3.8, 4) is 0 Å². The highest BCUT2D eigenvalue weighted by molar-refractivity contribution is 5.98. The molecule has 0 amide bonds. The molecule has 5 rings (SSSR count). The van der Waals surface area contributed by atoms with E-state index < -0.39 is 6.10 Å². The van der Waals surface area contributed by atoms with Crippen molar-refractivity contribution in [2.45, 2.75) is 56.7 Å². The van der Waals surface area contributed by atoms with Crippen LogP contribution in [0.5, 0.6) is 0 Å². The molecule has 2 fully saturated rings. The minimum atomic E-state index is -0.872. The topological polar surface area (TPSA) is 95.9 Å². The van der Waals surface area contributed by atoms with Gasteiger partial charge in [-0.25, -0.2) is 0 Å². The number of rotatable bonds is 6. The molecular formula is C26H29NO5. The van der Waals surface area contributed by atoms with E-state index >= 15 is 0 Å². The number of aliphatic hydroxyl groups is 2. The van der Waals surface area contributed by atoms with Gasteiger partial charge in [-0.1, -0.05) is 36.8 Å². The van der Waals surface area contributed by atoms with E-state index in [-0.39, 0.29) is 31.0 Å². The summed E-state index contributed by atoms with van der Waals surface area (Å²) in [6, 6.07) is 11.6. The van der Waals surface area contributed by atoms with Gasteiger partial charge in [0, 0.05) is 11.6 Å². The summed E-state index contributed by atoms with van der Waals surface area (Å²) in [6.07, 6.45) is 4.87. The molecule has 0 bridgehead atoms. The van der Waals surface area contributed by atoms with Crippen LogP contribution in [0.1, 0.15) is 70.0 Å². The van der Waals surface area contributed by atoms with Crippen LogP contribution >= 0.6 is 0 Å². The Morgan fingerprint density at radius 1 is 1.03 bits per heavy atom. The Balaban J connectivity index is 1.21. The van der Waals surface area contributed by atoms with Crippen molar-refractivity contribution < 1.29 is 24.5 Å². The van der Waals surface area contributed by atoms with Gasteiger partial charge in [-0.15, -0.1) is 0 Å². The molecule has 0 spiro atoms.